The molecular formula is C22H18O6S6. The fraction of sp³-hybridized carbons (Fsp3) is 0.0909. The van der Waals surface area contributed by atoms with Gasteiger partial charge in [0, 0.05) is 10.8 Å². The first-order valence-corrected chi connectivity index (χ1v) is 16.3. The van der Waals surface area contributed by atoms with Crippen LogP contribution < -0.4 is 0 Å². The molecule has 4 rings (SSSR count). The van der Waals surface area contributed by atoms with Crippen LogP contribution in [0.4, 0.5) is 0 Å². The van der Waals surface area contributed by atoms with Crippen LogP contribution in [-0.4, -0.2) is 31.1 Å². The number of benzene rings is 2. The van der Waals surface area contributed by atoms with Gasteiger partial charge in [-0.05, 0) is 32.7 Å². The van der Waals surface area contributed by atoms with Crippen molar-refractivity contribution >= 4 is 64.5 Å². The van der Waals surface area contributed by atoms with E-state index >= 15 is 0 Å². The van der Waals surface area contributed by atoms with Crippen LogP contribution in [0, 0.1) is 0 Å². The molecular weight excluding hydrogens is 553 g/mol. The molecule has 0 aliphatic heterocycles. The third kappa shape index (κ3) is 5.14. The Bertz CT molecular complexity index is 1370. The quantitative estimate of drug-likeness (QED) is 0.164. The lowest BCUT2D eigenvalue weighted by molar-refractivity contribution is 0.395. The summed E-state index contributed by atoms with van der Waals surface area (Å²) in [5, 5.41) is 3.09. The predicted molar refractivity (Wildman–Crippen MR) is 140 cm³/mol. The van der Waals surface area contributed by atoms with Crippen LogP contribution in [0.25, 0.3) is 20.9 Å². The average molecular weight is 571 g/mol. The molecule has 0 aliphatic carbocycles. The minimum absolute atomic E-state index is 0.0454. The van der Waals surface area contributed by atoms with Gasteiger partial charge in [-0.25, -0.2) is 0 Å². The van der Waals surface area contributed by atoms with Gasteiger partial charge in [-0.1, -0.05) is 60.7 Å². The first-order valence-electron chi connectivity index (χ1n) is 9.58. The SMILES string of the molecule is COS(=O)(=O)c1csc(-c2ccccc2)c1SSc1c(S(=O)(=O)OC)csc1-c1ccccc1. The Morgan fingerprint density at radius 3 is 1.29 bits per heavy atom. The monoisotopic (exact) mass is 570 g/mol. The smallest absolute Gasteiger partial charge is 0.270 e. The molecule has 4 aromatic rings. The second-order valence-corrected chi connectivity index (χ2v) is 13.9. The molecule has 2 aromatic heterocycles. The highest BCUT2D eigenvalue weighted by Crippen LogP contribution is 2.53. The molecule has 34 heavy (non-hydrogen) atoms. The molecule has 0 spiro atoms. The van der Waals surface area contributed by atoms with Crippen molar-refractivity contribution in [3.63, 3.8) is 0 Å². The summed E-state index contributed by atoms with van der Waals surface area (Å²) in [6.45, 7) is 0. The van der Waals surface area contributed by atoms with Gasteiger partial charge in [-0.15, -0.1) is 22.7 Å². The molecule has 0 N–H and O–H groups in total. The Kier molecular flexibility index (Phi) is 7.89. The van der Waals surface area contributed by atoms with Crippen molar-refractivity contribution in [3.05, 3.63) is 71.4 Å². The zero-order valence-electron chi connectivity index (χ0n) is 17.8. The number of hydrogen-bond donors (Lipinski definition) is 0. The lowest BCUT2D eigenvalue weighted by Crippen LogP contribution is -2.03. The molecule has 0 fully saturated rings. The Labute approximate surface area is 214 Å². The normalized spacial score (nSPS) is 12.2. The second-order valence-electron chi connectivity index (χ2n) is 6.66. The third-order valence-corrected chi connectivity index (χ3v) is 12.7. The van der Waals surface area contributed by atoms with Gasteiger partial charge < -0.3 is 0 Å². The minimum Gasteiger partial charge on any atom is -0.270 e. The molecule has 0 amide bonds. The molecule has 0 unspecified atom stereocenters. The van der Waals surface area contributed by atoms with Crippen LogP contribution in [0.15, 0.2) is 91.0 Å². The third-order valence-electron chi connectivity index (χ3n) is 4.69. The minimum atomic E-state index is -3.98. The van der Waals surface area contributed by atoms with Crippen LogP contribution in [-0.2, 0) is 28.6 Å². The highest BCUT2D eigenvalue weighted by atomic mass is 33.1. The Morgan fingerprint density at radius 1 is 0.618 bits per heavy atom. The van der Waals surface area contributed by atoms with E-state index in [2.05, 4.69) is 0 Å². The maximum absolute atomic E-state index is 12.6. The van der Waals surface area contributed by atoms with Gasteiger partial charge in [0.15, 0.2) is 0 Å². The second kappa shape index (κ2) is 10.5. The molecule has 0 bridgehead atoms. The van der Waals surface area contributed by atoms with Crippen LogP contribution in [0.3, 0.4) is 0 Å². The van der Waals surface area contributed by atoms with Crippen molar-refractivity contribution in [2.24, 2.45) is 0 Å². The molecule has 0 aliphatic rings. The van der Waals surface area contributed by atoms with Crippen molar-refractivity contribution < 1.29 is 25.2 Å². The van der Waals surface area contributed by atoms with Crippen molar-refractivity contribution in [1.82, 2.24) is 0 Å². The van der Waals surface area contributed by atoms with E-state index in [1.54, 1.807) is 10.8 Å². The van der Waals surface area contributed by atoms with E-state index in [-0.39, 0.29) is 9.79 Å². The van der Waals surface area contributed by atoms with Gasteiger partial charge in [0.1, 0.15) is 9.79 Å². The molecule has 12 heteroatoms. The van der Waals surface area contributed by atoms with Crippen LogP contribution >= 0.6 is 44.3 Å². The summed E-state index contributed by atoms with van der Waals surface area (Å²) >= 11 is 2.58. The summed E-state index contributed by atoms with van der Waals surface area (Å²) in [5.41, 5.74) is 1.71. The molecule has 2 heterocycles. The van der Waals surface area contributed by atoms with E-state index in [4.69, 9.17) is 8.37 Å². The Balaban J connectivity index is 1.83. The summed E-state index contributed by atoms with van der Waals surface area (Å²) in [6, 6.07) is 18.8. The van der Waals surface area contributed by atoms with Crippen LogP contribution in [0.1, 0.15) is 0 Å². The number of thiophene rings is 2. The highest BCUT2D eigenvalue weighted by Gasteiger charge is 2.28. The van der Waals surface area contributed by atoms with Gasteiger partial charge in [0.25, 0.3) is 20.2 Å². The van der Waals surface area contributed by atoms with Crippen molar-refractivity contribution in [2.75, 3.05) is 14.2 Å². The first kappa shape index (κ1) is 25.5. The van der Waals surface area contributed by atoms with E-state index in [0.717, 1.165) is 35.1 Å². The number of rotatable bonds is 9. The standard InChI is InChI=1S/C22H18O6S6/c1-27-33(23,24)17-13-29-19(15-9-5-3-6-10-15)21(17)31-32-22-18(34(25,26)28-2)14-30-20(22)16-11-7-4-8-12-16/h3-14H,1-2H3. The van der Waals surface area contributed by atoms with Crippen LogP contribution in [0.2, 0.25) is 0 Å². The van der Waals surface area contributed by atoms with E-state index in [1.165, 1.54) is 44.3 Å². The fourth-order valence-electron chi connectivity index (χ4n) is 3.01. The highest BCUT2D eigenvalue weighted by molar-refractivity contribution is 8.76. The summed E-state index contributed by atoms with van der Waals surface area (Å²) < 4.78 is 60.1. The zero-order chi connectivity index (χ0) is 24.3. The Hall–Kier alpha value is -1.64. The predicted octanol–water partition coefficient (Wildman–Crippen LogP) is 6.61. The van der Waals surface area contributed by atoms with Gasteiger partial charge in [0.2, 0.25) is 0 Å². The fourth-order valence-corrected chi connectivity index (χ4v) is 11.6. The van der Waals surface area contributed by atoms with E-state index in [1.807, 2.05) is 60.7 Å². The van der Waals surface area contributed by atoms with Gasteiger partial charge in [-0.3, -0.25) is 8.37 Å². The first-order chi connectivity index (χ1) is 16.3. The largest absolute Gasteiger partial charge is 0.298 e. The topological polar surface area (TPSA) is 86.7 Å². The summed E-state index contributed by atoms with van der Waals surface area (Å²) in [7, 11) is -3.36. The average Bonchev–Trinajstić information content (AvgIpc) is 3.49. The molecule has 6 nitrogen and oxygen atoms in total. The van der Waals surface area contributed by atoms with Crippen molar-refractivity contribution in [3.8, 4) is 20.9 Å². The van der Waals surface area contributed by atoms with Gasteiger partial charge >= 0.3 is 0 Å². The molecule has 0 saturated heterocycles. The van der Waals surface area contributed by atoms with Gasteiger partial charge in [-0.2, -0.15) is 16.8 Å². The zero-order valence-corrected chi connectivity index (χ0v) is 22.7. The van der Waals surface area contributed by atoms with Crippen molar-refractivity contribution in [2.45, 2.75) is 19.6 Å². The lowest BCUT2D eigenvalue weighted by atomic mass is 10.2. The maximum Gasteiger partial charge on any atom is 0.298 e. The van der Waals surface area contributed by atoms with Crippen molar-refractivity contribution in [1.29, 1.82) is 0 Å². The number of hydrogen-bond acceptors (Lipinski definition) is 10. The maximum atomic E-state index is 12.6. The van der Waals surface area contributed by atoms with Crippen LogP contribution in [0.5, 0.6) is 0 Å². The molecule has 0 atom stereocenters. The molecule has 0 radical (unpaired) electrons. The molecule has 2 aromatic carbocycles. The summed E-state index contributed by atoms with van der Waals surface area (Å²) in [4.78, 5) is 2.55. The summed E-state index contributed by atoms with van der Waals surface area (Å²) in [5.74, 6) is 0. The summed E-state index contributed by atoms with van der Waals surface area (Å²) in [6.07, 6.45) is 0. The molecule has 178 valence electrons. The van der Waals surface area contributed by atoms with E-state index in [0.29, 0.717) is 9.79 Å². The Morgan fingerprint density at radius 2 is 0.971 bits per heavy atom. The van der Waals surface area contributed by atoms with Gasteiger partial charge in [0.05, 0.1) is 33.8 Å². The lowest BCUT2D eigenvalue weighted by Gasteiger charge is -2.10. The van der Waals surface area contributed by atoms with E-state index < -0.39 is 20.2 Å². The van der Waals surface area contributed by atoms with E-state index in [9.17, 15) is 16.8 Å². The molecule has 0 saturated carbocycles.